The maximum Gasteiger partial charge on any atom is 0.334 e. The van der Waals surface area contributed by atoms with Crippen molar-refractivity contribution in [3.8, 4) is 0 Å². The van der Waals surface area contributed by atoms with Gasteiger partial charge in [-0.3, -0.25) is 9.59 Å². The lowest BCUT2D eigenvalue weighted by molar-refractivity contribution is -0.150. The molecule has 2 amide bonds. The minimum absolute atomic E-state index is 0.0111. The van der Waals surface area contributed by atoms with Crippen LogP contribution in [0.5, 0.6) is 0 Å². The number of rotatable bonds is 8. The quantitative estimate of drug-likeness (QED) is 0.593. The summed E-state index contributed by atoms with van der Waals surface area (Å²) in [5.74, 6) is 0.414. The Morgan fingerprint density at radius 3 is 2.00 bits per heavy atom. The molecule has 4 fully saturated rings. The van der Waals surface area contributed by atoms with Gasteiger partial charge in [0, 0.05) is 12.5 Å². The van der Waals surface area contributed by atoms with Gasteiger partial charge in [-0.2, -0.15) is 0 Å². The zero-order valence-electron chi connectivity index (χ0n) is 16.5. The van der Waals surface area contributed by atoms with E-state index < -0.39 is 18.1 Å². The van der Waals surface area contributed by atoms with E-state index in [0.29, 0.717) is 17.8 Å². The van der Waals surface area contributed by atoms with Gasteiger partial charge in [-0.05, 0) is 62.2 Å². The van der Waals surface area contributed by atoms with E-state index in [1.807, 2.05) is 13.8 Å². The lowest BCUT2D eigenvalue weighted by atomic mass is 9.49. The molecule has 7 nitrogen and oxygen atoms in total. The topological polar surface area (TPSA) is 105 Å². The Kier molecular flexibility index (Phi) is 5.79. The predicted molar refractivity (Wildman–Crippen MR) is 98.8 cm³/mol. The fourth-order valence-electron chi connectivity index (χ4n) is 5.79. The number of methoxy groups -OCH3 is 1. The molecule has 0 heterocycles. The lowest BCUT2D eigenvalue weighted by Crippen LogP contribution is -2.58. The summed E-state index contributed by atoms with van der Waals surface area (Å²) in [4.78, 5) is 36.9. The molecule has 2 atom stereocenters. The van der Waals surface area contributed by atoms with Gasteiger partial charge in [-0.1, -0.05) is 13.8 Å². The molecule has 3 N–H and O–H groups in total. The van der Waals surface area contributed by atoms with E-state index in [9.17, 15) is 14.4 Å². The zero-order chi connectivity index (χ0) is 19.8. The standard InChI is InChI=1S/C20H32N2O5/c1-11(2)16(17(23)21-10-15(27-3)18(24)25)22-19(26)20-7-12-4-13(8-20)6-14(5-12)9-20/h11-16H,4-10H2,1-3H3,(H,21,23)(H,22,26)(H,24,25). The fourth-order valence-corrected chi connectivity index (χ4v) is 5.79. The van der Waals surface area contributed by atoms with Crippen LogP contribution in [0.2, 0.25) is 0 Å². The zero-order valence-corrected chi connectivity index (χ0v) is 16.5. The molecule has 152 valence electrons. The second-order valence-corrected chi connectivity index (χ2v) is 9.20. The first kappa shape index (κ1) is 20.1. The van der Waals surface area contributed by atoms with Crippen LogP contribution in [0, 0.1) is 29.1 Å². The third-order valence-electron chi connectivity index (χ3n) is 6.78. The van der Waals surface area contributed by atoms with Crippen LogP contribution in [-0.2, 0) is 19.1 Å². The second kappa shape index (κ2) is 7.78. The van der Waals surface area contributed by atoms with Crippen molar-refractivity contribution in [2.75, 3.05) is 13.7 Å². The molecule has 27 heavy (non-hydrogen) atoms. The lowest BCUT2D eigenvalue weighted by Gasteiger charge is -2.55. The van der Waals surface area contributed by atoms with Crippen LogP contribution in [0.25, 0.3) is 0 Å². The molecule has 0 aromatic rings. The first-order chi connectivity index (χ1) is 12.7. The van der Waals surface area contributed by atoms with Crippen molar-refractivity contribution < 1.29 is 24.2 Å². The molecule has 4 saturated carbocycles. The van der Waals surface area contributed by atoms with Crippen molar-refractivity contribution in [2.24, 2.45) is 29.1 Å². The summed E-state index contributed by atoms with van der Waals surface area (Å²) >= 11 is 0. The van der Waals surface area contributed by atoms with Crippen molar-refractivity contribution in [1.29, 1.82) is 0 Å². The van der Waals surface area contributed by atoms with Crippen molar-refractivity contribution >= 4 is 17.8 Å². The van der Waals surface area contributed by atoms with Gasteiger partial charge >= 0.3 is 5.97 Å². The summed E-state index contributed by atoms with van der Waals surface area (Å²) in [6.45, 7) is 3.64. The van der Waals surface area contributed by atoms with Gasteiger partial charge in [-0.15, -0.1) is 0 Å². The number of aliphatic carboxylic acids is 1. The summed E-state index contributed by atoms with van der Waals surface area (Å²) in [6.07, 6.45) is 5.52. The van der Waals surface area contributed by atoms with E-state index in [1.165, 1.54) is 26.4 Å². The number of hydrogen-bond donors (Lipinski definition) is 3. The molecular formula is C20H32N2O5. The normalized spacial score (nSPS) is 33.6. The van der Waals surface area contributed by atoms with Gasteiger partial charge in [0.05, 0.1) is 6.54 Å². The van der Waals surface area contributed by atoms with Crippen LogP contribution < -0.4 is 10.6 Å². The number of ether oxygens (including phenoxy) is 1. The van der Waals surface area contributed by atoms with Crippen molar-refractivity contribution in [3.05, 3.63) is 0 Å². The fraction of sp³-hybridized carbons (Fsp3) is 0.850. The molecule has 4 aliphatic carbocycles. The maximum absolute atomic E-state index is 13.2. The van der Waals surface area contributed by atoms with Crippen LogP contribution in [0.1, 0.15) is 52.4 Å². The van der Waals surface area contributed by atoms with E-state index in [0.717, 1.165) is 19.3 Å². The Labute approximate surface area is 160 Å². The highest BCUT2D eigenvalue weighted by atomic mass is 16.5. The Morgan fingerprint density at radius 1 is 1.07 bits per heavy atom. The molecule has 0 aliphatic heterocycles. The van der Waals surface area contributed by atoms with Crippen LogP contribution in [0.3, 0.4) is 0 Å². The van der Waals surface area contributed by atoms with Gasteiger partial charge in [0.2, 0.25) is 11.8 Å². The number of carboxylic acid groups (broad SMARTS) is 1. The average molecular weight is 380 g/mol. The van der Waals surface area contributed by atoms with Gasteiger partial charge < -0.3 is 20.5 Å². The first-order valence-corrected chi connectivity index (χ1v) is 10.1. The number of carboxylic acids is 1. The minimum Gasteiger partial charge on any atom is -0.479 e. The summed E-state index contributed by atoms with van der Waals surface area (Å²) in [5.41, 5.74) is -0.307. The highest BCUT2D eigenvalue weighted by Gasteiger charge is 2.55. The minimum atomic E-state index is -1.13. The molecular weight excluding hydrogens is 348 g/mol. The molecule has 0 saturated heterocycles. The summed E-state index contributed by atoms with van der Waals surface area (Å²) < 4.78 is 4.85. The van der Waals surface area contributed by atoms with Crippen LogP contribution in [-0.4, -0.2) is 48.7 Å². The van der Waals surface area contributed by atoms with Gasteiger partial charge in [0.15, 0.2) is 6.10 Å². The molecule has 2 unspecified atom stereocenters. The van der Waals surface area contributed by atoms with Crippen molar-refractivity contribution in [2.45, 2.75) is 64.5 Å². The Balaban J connectivity index is 1.63. The van der Waals surface area contributed by atoms with E-state index >= 15 is 0 Å². The number of hydrogen-bond acceptors (Lipinski definition) is 4. The maximum atomic E-state index is 13.2. The summed E-state index contributed by atoms with van der Waals surface area (Å²) in [6, 6.07) is -0.670. The van der Waals surface area contributed by atoms with E-state index in [4.69, 9.17) is 9.84 Å². The third kappa shape index (κ3) is 4.13. The van der Waals surface area contributed by atoms with E-state index in [2.05, 4.69) is 10.6 Å². The Hall–Kier alpha value is -1.63. The molecule has 0 radical (unpaired) electrons. The molecule has 4 bridgehead atoms. The molecule has 0 aromatic carbocycles. The number of carbonyl (C=O) groups is 3. The molecule has 0 aromatic heterocycles. The van der Waals surface area contributed by atoms with Crippen LogP contribution in [0.4, 0.5) is 0 Å². The van der Waals surface area contributed by atoms with Crippen LogP contribution >= 0.6 is 0 Å². The summed E-state index contributed by atoms with van der Waals surface area (Å²) in [7, 11) is 1.29. The molecule has 7 heteroatoms. The van der Waals surface area contributed by atoms with Gasteiger partial charge in [0.1, 0.15) is 6.04 Å². The van der Waals surface area contributed by atoms with Crippen molar-refractivity contribution in [1.82, 2.24) is 10.6 Å². The summed E-state index contributed by atoms with van der Waals surface area (Å²) in [5, 5.41) is 14.7. The first-order valence-electron chi connectivity index (χ1n) is 10.1. The number of carbonyl (C=O) groups excluding carboxylic acids is 2. The monoisotopic (exact) mass is 380 g/mol. The predicted octanol–water partition coefficient (Wildman–Crippen LogP) is 1.56. The molecule has 4 aliphatic rings. The largest absolute Gasteiger partial charge is 0.479 e. The van der Waals surface area contributed by atoms with Gasteiger partial charge in [-0.25, -0.2) is 4.79 Å². The highest BCUT2D eigenvalue weighted by molar-refractivity contribution is 5.90. The third-order valence-corrected chi connectivity index (χ3v) is 6.78. The Morgan fingerprint density at radius 2 is 1.59 bits per heavy atom. The molecule has 4 rings (SSSR count). The smallest absolute Gasteiger partial charge is 0.334 e. The van der Waals surface area contributed by atoms with Crippen LogP contribution in [0.15, 0.2) is 0 Å². The molecule has 0 spiro atoms. The van der Waals surface area contributed by atoms with Crippen molar-refractivity contribution in [3.63, 3.8) is 0 Å². The number of amides is 2. The Bertz CT molecular complexity index is 568. The van der Waals surface area contributed by atoms with E-state index in [1.54, 1.807) is 0 Å². The highest BCUT2D eigenvalue weighted by Crippen LogP contribution is 2.60. The number of nitrogens with one attached hydrogen (secondary N) is 2. The van der Waals surface area contributed by atoms with Gasteiger partial charge in [0.25, 0.3) is 0 Å². The average Bonchev–Trinajstić information content (AvgIpc) is 2.57. The van der Waals surface area contributed by atoms with E-state index in [-0.39, 0.29) is 29.7 Å². The second-order valence-electron chi connectivity index (χ2n) is 9.20. The SMILES string of the molecule is COC(CNC(=O)C(NC(=O)C12CC3CC(CC(C3)C1)C2)C(C)C)C(=O)O.